The number of halogens is 1. The van der Waals surface area contributed by atoms with Crippen molar-refractivity contribution in [2.24, 2.45) is 4.99 Å². The van der Waals surface area contributed by atoms with Gasteiger partial charge in [0.15, 0.2) is 11.6 Å². The van der Waals surface area contributed by atoms with Crippen LogP contribution in [0.25, 0.3) is 0 Å². The van der Waals surface area contributed by atoms with Crippen molar-refractivity contribution < 1.29 is 18.3 Å². The SMILES string of the molecule is O=C=Nc1ccc(OCc2ccco2)c(F)c1. The van der Waals surface area contributed by atoms with Crippen LogP contribution in [0.5, 0.6) is 5.75 Å². The van der Waals surface area contributed by atoms with E-state index >= 15 is 0 Å². The third-order valence-corrected chi connectivity index (χ3v) is 2.04. The second kappa shape index (κ2) is 5.09. The molecular formula is C12H8FNO3. The lowest BCUT2D eigenvalue weighted by Crippen LogP contribution is -1.95. The second-order valence-corrected chi connectivity index (χ2v) is 3.19. The van der Waals surface area contributed by atoms with E-state index in [0.29, 0.717) is 5.76 Å². The van der Waals surface area contributed by atoms with Crippen LogP contribution in [0.1, 0.15) is 5.76 Å². The molecule has 0 aliphatic rings. The summed E-state index contributed by atoms with van der Waals surface area (Å²) >= 11 is 0. The van der Waals surface area contributed by atoms with Crippen LogP contribution in [0.3, 0.4) is 0 Å². The third-order valence-electron chi connectivity index (χ3n) is 2.04. The Balaban J connectivity index is 2.08. The molecule has 5 heteroatoms. The molecule has 86 valence electrons. The lowest BCUT2D eigenvalue weighted by Gasteiger charge is -2.05. The van der Waals surface area contributed by atoms with E-state index in [0.717, 1.165) is 6.07 Å². The standard InChI is InChI=1S/C12H8FNO3/c13-11-6-9(14-8-15)3-4-12(11)17-7-10-2-1-5-16-10/h1-6H,7H2. The van der Waals surface area contributed by atoms with Crippen molar-refractivity contribution in [1.82, 2.24) is 0 Å². The number of benzene rings is 1. The highest BCUT2D eigenvalue weighted by Gasteiger charge is 2.05. The van der Waals surface area contributed by atoms with Crippen molar-refractivity contribution in [3.8, 4) is 5.75 Å². The Labute approximate surface area is 96.3 Å². The molecule has 1 aromatic heterocycles. The molecule has 1 aromatic carbocycles. The van der Waals surface area contributed by atoms with Gasteiger partial charge in [-0.25, -0.2) is 9.18 Å². The maximum Gasteiger partial charge on any atom is 0.240 e. The smallest absolute Gasteiger partial charge is 0.240 e. The molecule has 2 rings (SSSR count). The molecule has 0 aliphatic heterocycles. The summed E-state index contributed by atoms with van der Waals surface area (Å²) in [6.45, 7) is 0.139. The Kier molecular flexibility index (Phi) is 3.33. The third kappa shape index (κ3) is 2.80. The van der Waals surface area contributed by atoms with Crippen molar-refractivity contribution in [3.05, 3.63) is 48.2 Å². The Morgan fingerprint density at radius 1 is 1.41 bits per heavy atom. The van der Waals surface area contributed by atoms with Crippen LogP contribution < -0.4 is 4.74 Å². The molecule has 1 heterocycles. The fourth-order valence-electron chi connectivity index (χ4n) is 1.27. The monoisotopic (exact) mass is 233 g/mol. The zero-order chi connectivity index (χ0) is 12.1. The normalized spacial score (nSPS) is 9.71. The quantitative estimate of drug-likeness (QED) is 0.602. The number of hydrogen-bond acceptors (Lipinski definition) is 4. The Bertz CT molecular complexity index is 545. The molecule has 0 fully saturated rings. The zero-order valence-corrected chi connectivity index (χ0v) is 8.72. The highest BCUT2D eigenvalue weighted by molar-refractivity contribution is 5.50. The largest absolute Gasteiger partial charge is 0.483 e. The molecule has 0 bridgehead atoms. The minimum absolute atomic E-state index is 0.0752. The summed E-state index contributed by atoms with van der Waals surface area (Å²) in [4.78, 5) is 13.3. The Morgan fingerprint density at radius 3 is 2.94 bits per heavy atom. The number of rotatable bonds is 4. The van der Waals surface area contributed by atoms with Gasteiger partial charge in [-0.3, -0.25) is 0 Å². The van der Waals surface area contributed by atoms with Gasteiger partial charge >= 0.3 is 0 Å². The molecule has 17 heavy (non-hydrogen) atoms. The maximum atomic E-state index is 13.5. The van der Waals surface area contributed by atoms with E-state index in [4.69, 9.17) is 9.15 Å². The highest BCUT2D eigenvalue weighted by Crippen LogP contribution is 2.23. The van der Waals surface area contributed by atoms with E-state index < -0.39 is 5.82 Å². The van der Waals surface area contributed by atoms with Gasteiger partial charge in [0.25, 0.3) is 0 Å². The van der Waals surface area contributed by atoms with Crippen molar-refractivity contribution >= 4 is 11.8 Å². The predicted molar refractivity (Wildman–Crippen MR) is 57.2 cm³/mol. The maximum absolute atomic E-state index is 13.5. The van der Waals surface area contributed by atoms with Crippen molar-refractivity contribution in [1.29, 1.82) is 0 Å². The number of ether oxygens (including phenoxy) is 1. The van der Waals surface area contributed by atoms with Crippen LogP contribution in [-0.4, -0.2) is 6.08 Å². The van der Waals surface area contributed by atoms with Gasteiger partial charge in [-0.15, -0.1) is 0 Å². The van der Waals surface area contributed by atoms with Crippen LogP contribution in [0.4, 0.5) is 10.1 Å². The molecule has 0 atom stereocenters. The lowest BCUT2D eigenvalue weighted by molar-refractivity contribution is 0.258. The minimum atomic E-state index is -0.590. The van der Waals surface area contributed by atoms with Gasteiger partial charge < -0.3 is 9.15 Å². The van der Waals surface area contributed by atoms with Gasteiger partial charge in [0.2, 0.25) is 6.08 Å². The fourth-order valence-corrected chi connectivity index (χ4v) is 1.27. The topological polar surface area (TPSA) is 51.8 Å². The van der Waals surface area contributed by atoms with Crippen LogP contribution in [0, 0.1) is 5.82 Å². The van der Waals surface area contributed by atoms with Gasteiger partial charge in [0.05, 0.1) is 12.0 Å². The van der Waals surface area contributed by atoms with Gasteiger partial charge in [-0.2, -0.15) is 4.99 Å². The Hall–Kier alpha value is -2.39. The summed E-state index contributed by atoms with van der Waals surface area (Å²) < 4.78 is 23.7. The number of isocyanates is 1. The van der Waals surface area contributed by atoms with Gasteiger partial charge in [-0.05, 0) is 24.3 Å². The van der Waals surface area contributed by atoms with Crippen LogP contribution in [-0.2, 0) is 11.4 Å². The van der Waals surface area contributed by atoms with Crippen molar-refractivity contribution in [2.45, 2.75) is 6.61 Å². The van der Waals surface area contributed by atoms with Crippen LogP contribution >= 0.6 is 0 Å². The first kappa shape index (κ1) is 11.1. The number of nitrogens with zero attached hydrogens (tertiary/aromatic N) is 1. The second-order valence-electron chi connectivity index (χ2n) is 3.19. The predicted octanol–water partition coefficient (Wildman–Crippen LogP) is 2.97. The molecule has 0 saturated carbocycles. The molecule has 0 spiro atoms. The van der Waals surface area contributed by atoms with Gasteiger partial charge in [0.1, 0.15) is 12.4 Å². The molecular weight excluding hydrogens is 225 g/mol. The minimum Gasteiger partial charge on any atom is -0.483 e. The summed E-state index contributed by atoms with van der Waals surface area (Å²) in [7, 11) is 0. The highest BCUT2D eigenvalue weighted by atomic mass is 19.1. The molecule has 0 N–H and O–H groups in total. The zero-order valence-electron chi connectivity index (χ0n) is 8.72. The van der Waals surface area contributed by atoms with E-state index in [1.807, 2.05) is 0 Å². The van der Waals surface area contributed by atoms with E-state index in [2.05, 4.69) is 4.99 Å². The first-order chi connectivity index (χ1) is 8.29. The number of furan rings is 1. The number of hydrogen-bond donors (Lipinski definition) is 0. The molecule has 0 amide bonds. The first-order valence-electron chi connectivity index (χ1n) is 4.82. The average Bonchev–Trinajstić information content (AvgIpc) is 2.81. The first-order valence-corrected chi connectivity index (χ1v) is 4.82. The summed E-state index contributed by atoms with van der Waals surface area (Å²) in [6, 6.07) is 7.40. The molecule has 0 aliphatic carbocycles. The van der Waals surface area contributed by atoms with Gasteiger partial charge in [0, 0.05) is 6.07 Å². The summed E-state index contributed by atoms with van der Waals surface area (Å²) in [5, 5.41) is 0. The van der Waals surface area contributed by atoms with Crippen molar-refractivity contribution in [3.63, 3.8) is 0 Å². The average molecular weight is 233 g/mol. The van der Waals surface area contributed by atoms with E-state index in [-0.39, 0.29) is 18.0 Å². The van der Waals surface area contributed by atoms with E-state index in [1.165, 1.54) is 24.5 Å². The summed E-state index contributed by atoms with van der Waals surface area (Å²) in [5.41, 5.74) is 0.197. The fraction of sp³-hybridized carbons (Fsp3) is 0.0833. The van der Waals surface area contributed by atoms with Crippen LogP contribution in [0.15, 0.2) is 46.0 Å². The number of aliphatic imine (C=N–C) groups is 1. The summed E-state index contributed by atoms with van der Waals surface area (Å²) in [6.07, 6.45) is 2.85. The van der Waals surface area contributed by atoms with Gasteiger partial charge in [-0.1, -0.05) is 0 Å². The molecule has 2 aromatic rings. The Morgan fingerprint density at radius 2 is 2.29 bits per heavy atom. The molecule has 0 unspecified atom stereocenters. The number of carbonyl (C=O) groups excluding carboxylic acids is 1. The molecule has 0 radical (unpaired) electrons. The van der Waals surface area contributed by atoms with E-state index in [9.17, 15) is 9.18 Å². The van der Waals surface area contributed by atoms with Crippen molar-refractivity contribution in [2.75, 3.05) is 0 Å². The molecule has 0 saturated heterocycles. The summed E-state index contributed by atoms with van der Waals surface area (Å²) in [5.74, 6) is 0.0821. The van der Waals surface area contributed by atoms with E-state index in [1.54, 1.807) is 12.1 Å². The lowest BCUT2D eigenvalue weighted by atomic mass is 10.3. The molecule has 4 nitrogen and oxygen atoms in total. The van der Waals surface area contributed by atoms with Crippen LogP contribution in [0.2, 0.25) is 0 Å².